The molecular formula is C13H11BrN2O3. The Kier molecular flexibility index (Phi) is 4.01. The Morgan fingerprint density at radius 3 is 2.79 bits per heavy atom. The van der Waals surface area contributed by atoms with Gasteiger partial charge in [0.2, 0.25) is 0 Å². The van der Waals surface area contributed by atoms with E-state index < -0.39 is 0 Å². The molecule has 2 rings (SSSR count). The lowest BCUT2D eigenvalue weighted by atomic mass is 10.1. The molecule has 0 fully saturated rings. The van der Waals surface area contributed by atoms with Crippen molar-refractivity contribution in [1.82, 2.24) is 0 Å². The zero-order chi connectivity index (χ0) is 13.8. The van der Waals surface area contributed by atoms with Crippen LogP contribution in [0.5, 0.6) is 0 Å². The number of carbonyl (C=O) groups is 1. The molecule has 0 aliphatic carbocycles. The number of hydrogen-bond donors (Lipinski definition) is 2. The minimum absolute atomic E-state index is 0.213. The van der Waals surface area contributed by atoms with Crippen LogP contribution in [-0.4, -0.2) is 16.8 Å². The average Bonchev–Trinajstić information content (AvgIpc) is 2.85. The first kappa shape index (κ1) is 13.4. The molecule has 1 heterocycles. The number of nitrogens with one attached hydrogen (secondary N) is 1. The number of anilines is 1. The number of rotatable bonds is 3. The maximum atomic E-state index is 11.9. The highest BCUT2D eigenvalue weighted by Crippen LogP contribution is 2.17. The summed E-state index contributed by atoms with van der Waals surface area (Å²) in [6.07, 6.45) is 0. The highest BCUT2D eigenvalue weighted by atomic mass is 79.9. The molecule has 1 aromatic carbocycles. The quantitative estimate of drug-likeness (QED) is 0.516. The topological polar surface area (TPSA) is 74.8 Å². The van der Waals surface area contributed by atoms with Crippen molar-refractivity contribution in [2.45, 2.75) is 6.92 Å². The summed E-state index contributed by atoms with van der Waals surface area (Å²) in [5, 5.41) is 14.5. The highest BCUT2D eigenvalue weighted by molar-refractivity contribution is 9.10. The molecule has 0 bridgehead atoms. The van der Waals surface area contributed by atoms with Crippen molar-refractivity contribution in [1.29, 1.82) is 0 Å². The van der Waals surface area contributed by atoms with Crippen molar-refractivity contribution in [3.63, 3.8) is 0 Å². The van der Waals surface area contributed by atoms with Gasteiger partial charge in [0, 0.05) is 11.3 Å². The SMILES string of the molecule is C/C(=N\O)c1cccc(NC(=O)c2ccc(Br)o2)c1. The third-order valence-corrected chi connectivity index (χ3v) is 2.91. The highest BCUT2D eigenvalue weighted by Gasteiger charge is 2.11. The molecule has 6 heteroatoms. The number of furan rings is 1. The van der Waals surface area contributed by atoms with Gasteiger partial charge < -0.3 is 14.9 Å². The normalized spacial score (nSPS) is 11.4. The van der Waals surface area contributed by atoms with Crippen LogP contribution in [-0.2, 0) is 0 Å². The summed E-state index contributed by atoms with van der Waals surface area (Å²) < 4.78 is 5.65. The standard InChI is InChI=1S/C13H11BrN2O3/c1-8(16-18)9-3-2-4-10(7-9)15-13(17)11-5-6-12(14)19-11/h2-7,18H,1H3,(H,15,17)/b16-8+. The molecule has 0 aliphatic heterocycles. The fraction of sp³-hybridized carbons (Fsp3) is 0.0769. The fourth-order valence-corrected chi connectivity index (χ4v) is 1.82. The molecule has 1 amide bonds. The number of halogens is 1. The Bertz CT molecular complexity index is 634. The van der Waals surface area contributed by atoms with Crippen LogP contribution in [0, 0.1) is 0 Å². The lowest BCUT2D eigenvalue weighted by molar-refractivity contribution is 0.0995. The Morgan fingerprint density at radius 2 is 2.16 bits per heavy atom. The van der Waals surface area contributed by atoms with E-state index in [1.807, 2.05) is 0 Å². The minimum Gasteiger partial charge on any atom is -0.444 e. The predicted octanol–water partition coefficient (Wildman–Crippen LogP) is 3.49. The zero-order valence-corrected chi connectivity index (χ0v) is 11.6. The van der Waals surface area contributed by atoms with Crippen LogP contribution in [0.2, 0.25) is 0 Å². The van der Waals surface area contributed by atoms with Crippen LogP contribution in [0.3, 0.4) is 0 Å². The number of nitrogens with zero attached hydrogens (tertiary/aromatic N) is 1. The van der Waals surface area contributed by atoms with Gasteiger partial charge in [0.15, 0.2) is 10.4 Å². The van der Waals surface area contributed by atoms with Crippen LogP contribution in [0.4, 0.5) is 5.69 Å². The molecule has 5 nitrogen and oxygen atoms in total. The van der Waals surface area contributed by atoms with E-state index >= 15 is 0 Å². The summed E-state index contributed by atoms with van der Waals surface area (Å²) in [4.78, 5) is 11.9. The van der Waals surface area contributed by atoms with Crippen LogP contribution < -0.4 is 5.32 Å². The molecule has 2 N–H and O–H groups in total. The van der Waals surface area contributed by atoms with Crippen molar-refractivity contribution in [3.05, 3.63) is 52.4 Å². The molecule has 0 saturated heterocycles. The first-order valence-corrected chi connectivity index (χ1v) is 6.25. The summed E-state index contributed by atoms with van der Waals surface area (Å²) in [5.74, 6) is -0.133. The monoisotopic (exact) mass is 322 g/mol. The average molecular weight is 323 g/mol. The van der Waals surface area contributed by atoms with Gasteiger partial charge in [-0.05, 0) is 47.1 Å². The van der Waals surface area contributed by atoms with E-state index in [-0.39, 0.29) is 11.7 Å². The molecule has 2 aromatic rings. The van der Waals surface area contributed by atoms with Gasteiger partial charge in [-0.15, -0.1) is 0 Å². The van der Waals surface area contributed by atoms with Crippen LogP contribution in [0.25, 0.3) is 0 Å². The molecule has 98 valence electrons. The van der Waals surface area contributed by atoms with Gasteiger partial charge in [0.1, 0.15) is 0 Å². The second-order valence-electron chi connectivity index (χ2n) is 3.82. The summed E-state index contributed by atoms with van der Waals surface area (Å²) in [6.45, 7) is 1.67. The van der Waals surface area contributed by atoms with Gasteiger partial charge in [-0.2, -0.15) is 0 Å². The van der Waals surface area contributed by atoms with Gasteiger partial charge in [-0.3, -0.25) is 4.79 Å². The largest absolute Gasteiger partial charge is 0.444 e. The van der Waals surface area contributed by atoms with E-state index in [0.717, 1.165) is 5.56 Å². The number of hydrogen-bond acceptors (Lipinski definition) is 4. The molecule has 19 heavy (non-hydrogen) atoms. The molecule has 0 unspecified atom stereocenters. The first-order chi connectivity index (χ1) is 9.10. The number of oxime groups is 1. The van der Waals surface area contributed by atoms with Gasteiger partial charge in [-0.1, -0.05) is 17.3 Å². The van der Waals surface area contributed by atoms with Crippen molar-refractivity contribution < 1.29 is 14.4 Å². The van der Waals surface area contributed by atoms with E-state index in [2.05, 4.69) is 26.4 Å². The predicted molar refractivity (Wildman–Crippen MR) is 74.8 cm³/mol. The number of carbonyl (C=O) groups excluding carboxylic acids is 1. The van der Waals surface area contributed by atoms with Crippen molar-refractivity contribution in [2.24, 2.45) is 5.16 Å². The lowest BCUT2D eigenvalue weighted by Gasteiger charge is -2.05. The molecule has 0 saturated carbocycles. The number of benzene rings is 1. The van der Waals surface area contributed by atoms with Gasteiger partial charge in [0.05, 0.1) is 5.71 Å². The Hall–Kier alpha value is -2.08. The molecule has 0 aliphatic rings. The smallest absolute Gasteiger partial charge is 0.291 e. The second-order valence-corrected chi connectivity index (χ2v) is 4.61. The molecule has 1 aromatic heterocycles. The third-order valence-electron chi connectivity index (χ3n) is 2.49. The van der Waals surface area contributed by atoms with Gasteiger partial charge >= 0.3 is 0 Å². The molecule has 0 spiro atoms. The van der Waals surface area contributed by atoms with Gasteiger partial charge in [0.25, 0.3) is 5.91 Å². The van der Waals surface area contributed by atoms with Crippen LogP contribution >= 0.6 is 15.9 Å². The Labute approximate surface area is 118 Å². The second kappa shape index (κ2) is 5.71. The maximum Gasteiger partial charge on any atom is 0.291 e. The fourth-order valence-electron chi connectivity index (χ4n) is 1.51. The van der Waals surface area contributed by atoms with E-state index in [1.54, 1.807) is 43.3 Å². The first-order valence-electron chi connectivity index (χ1n) is 5.46. The number of amides is 1. The summed E-state index contributed by atoms with van der Waals surface area (Å²) >= 11 is 3.14. The summed E-state index contributed by atoms with van der Waals surface area (Å²) in [6, 6.07) is 10.2. The van der Waals surface area contributed by atoms with Crippen LogP contribution in [0.1, 0.15) is 23.0 Å². The van der Waals surface area contributed by atoms with Crippen molar-refractivity contribution in [3.8, 4) is 0 Å². The Morgan fingerprint density at radius 1 is 1.37 bits per heavy atom. The summed E-state index contributed by atoms with van der Waals surface area (Å²) in [5.41, 5.74) is 1.79. The van der Waals surface area contributed by atoms with E-state index in [1.165, 1.54) is 0 Å². The van der Waals surface area contributed by atoms with Gasteiger partial charge in [-0.25, -0.2) is 0 Å². The van der Waals surface area contributed by atoms with E-state index in [0.29, 0.717) is 16.1 Å². The van der Waals surface area contributed by atoms with E-state index in [4.69, 9.17) is 9.62 Å². The van der Waals surface area contributed by atoms with Crippen molar-refractivity contribution in [2.75, 3.05) is 5.32 Å². The maximum absolute atomic E-state index is 11.9. The molecular weight excluding hydrogens is 312 g/mol. The van der Waals surface area contributed by atoms with E-state index in [9.17, 15) is 4.79 Å². The van der Waals surface area contributed by atoms with Crippen molar-refractivity contribution >= 4 is 33.2 Å². The van der Waals surface area contributed by atoms with Crippen LogP contribution in [0.15, 0.2) is 50.6 Å². The summed E-state index contributed by atoms with van der Waals surface area (Å²) in [7, 11) is 0. The lowest BCUT2D eigenvalue weighted by Crippen LogP contribution is -2.11. The molecule has 0 atom stereocenters. The zero-order valence-electron chi connectivity index (χ0n) is 10.1. The third kappa shape index (κ3) is 3.23. The Balaban J connectivity index is 2.17. The minimum atomic E-state index is -0.346. The molecule has 0 radical (unpaired) electrons.